The van der Waals surface area contributed by atoms with Crippen LogP contribution in [0, 0.1) is 0 Å². The predicted molar refractivity (Wildman–Crippen MR) is 68.2 cm³/mol. The minimum atomic E-state index is -0.596. The Bertz CT molecular complexity index is 470. The van der Waals surface area contributed by atoms with Gasteiger partial charge in [-0.25, -0.2) is 0 Å². The summed E-state index contributed by atoms with van der Waals surface area (Å²) in [4.78, 5) is 23.1. The van der Waals surface area contributed by atoms with Crippen LogP contribution in [0.15, 0.2) is 16.6 Å². The summed E-state index contributed by atoms with van der Waals surface area (Å²) in [6.07, 6.45) is -0.341. The molecule has 0 unspecified atom stereocenters. The maximum Gasteiger partial charge on any atom is 0.313 e. The molecule has 1 rings (SSSR count). The SMILES string of the molecule is COC(=O)CC(=O)c1cc(OC)cc(Br)c1OC. The molecule has 0 fully saturated rings. The van der Waals surface area contributed by atoms with Gasteiger partial charge in [-0.2, -0.15) is 0 Å². The first-order chi connectivity index (χ1) is 8.53. The molecule has 0 aliphatic heterocycles. The number of hydrogen-bond donors (Lipinski definition) is 0. The summed E-state index contributed by atoms with van der Waals surface area (Å²) in [6, 6.07) is 3.20. The van der Waals surface area contributed by atoms with E-state index in [0.29, 0.717) is 16.0 Å². The molecule has 0 saturated heterocycles. The highest BCUT2D eigenvalue weighted by molar-refractivity contribution is 9.10. The fraction of sp³-hybridized carbons (Fsp3) is 0.333. The van der Waals surface area contributed by atoms with Gasteiger partial charge in [-0.1, -0.05) is 0 Å². The van der Waals surface area contributed by atoms with E-state index in [2.05, 4.69) is 20.7 Å². The number of benzene rings is 1. The average Bonchev–Trinajstić information content (AvgIpc) is 2.37. The molecule has 0 saturated carbocycles. The Labute approximate surface area is 113 Å². The molecule has 0 N–H and O–H groups in total. The van der Waals surface area contributed by atoms with Crippen LogP contribution in [0.1, 0.15) is 16.8 Å². The highest BCUT2D eigenvalue weighted by Crippen LogP contribution is 2.34. The van der Waals surface area contributed by atoms with Crippen molar-refractivity contribution in [1.82, 2.24) is 0 Å². The molecule has 0 atom stereocenters. The van der Waals surface area contributed by atoms with Gasteiger partial charge in [0.25, 0.3) is 0 Å². The maximum absolute atomic E-state index is 12.0. The third-order valence-electron chi connectivity index (χ3n) is 2.29. The van der Waals surface area contributed by atoms with Crippen molar-refractivity contribution in [3.63, 3.8) is 0 Å². The molecule has 98 valence electrons. The topological polar surface area (TPSA) is 61.8 Å². The summed E-state index contributed by atoms with van der Waals surface area (Å²) in [5.74, 6) is -0.125. The van der Waals surface area contributed by atoms with Crippen molar-refractivity contribution >= 4 is 27.7 Å². The van der Waals surface area contributed by atoms with Gasteiger partial charge in [-0.15, -0.1) is 0 Å². The molecule has 18 heavy (non-hydrogen) atoms. The van der Waals surface area contributed by atoms with Crippen molar-refractivity contribution in [1.29, 1.82) is 0 Å². The van der Waals surface area contributed by atoms with E-state index in [-0.39, 0.29) is 12.0 Å². The summed E-state index contributed by atoms with van der Waals surface area (Å²) >= 11 is 3.28. The van der Waals surface area contributed by atoms with Crippen molar-refractivity contribution < 1.29 is 23.8 Å². The zero-order chi connectivity index (χ0) is 13.7. The number of halogens is 1. The molecular formula is C12H13BrO5. The molecule has 0 spiro atoms. The standard InChI is InChI=1S/C12H13BrO5/c1-16-7-4-8(10(14)6-11(15)17-2)12(18-3)9(13)5-7/h4-5H,6H2,1-3H3. The van der Waals surface area contributed by atoms with Crippen molar-refractivity contribution in [2.75, 3.05) is 21.3 Å². The van der Waals surface area contributed by atoms with Gasteiger partial charge < -0.3 is 14.2 Å². The van der Waals surface area contributed by atoms with Crippen LogP contribution in [0.25, 0.3) is 0 Å². The molecule has 0 aliphatic carbocycles. The van der Waals surface area contributed by atoms with Gasteiger partial charge in [0, 0.05) is 0 Å². The van der Waals surface area contributed by atoms with Gasteiger partial charge in [0.05, 0.1) is 31.4 Å². The minimum Gasteiger partial charge on any atom is -0.497 e. The molecule has 5 nitrogen and oxygen atoms in total. The molecule has 1 aromatic rings. The smallest absolute Gasteiger partial charge is 0.313 e. The van der Waals surface area contributed by atoms with Crippen molar-refractivity contribution in [2.45, 2.75) is 6.42 Å². The lowest BCUT2D eigenvalue weighted by molar-refractivity contribution is -0.139. The van der Waals surface area contributed by atoms with E-state index in [0.717, 1.165) is 0 Å². The average molecular weight is 317 g/mol. The molecule has 1 aromatic carbocycles. The summed E-state index contributed by atoms with van der Waals surface area (Å²) in [5, 5.41) is 0. The molecule has 6 heteroatoms. The number of Topliss-reactive ketones (excluding diaryl/α,β-unsaturated/α-hetero) is 1. The lowest BCUT2D eigenvalue weighted by atomic mass is 10.1. The van der Waals surface area contributed by atoms with Crippen LogP contribution in [-0.4, -0.2) is 33.1 Å². The second kappa shape index (κ2) is 6.39. The van der Waals surface area contributed by atoms with E-state index in [1.165, 1.54) is 27.4 Å². The second-order valence-corrected chi connectivity index (χ2v) is 4.22. The quantitative estimate of drug-likeness (QED) is 0.473. The molecule has 0 amide bonds. The van der Waals surface area contributed by atoms with Crippen LogP contribution in [0.5, 0.6) is 11.5 Å². The number of rotatable bonds is 5. The molecule has 0 heterocycles. The number of ketones is 1. The number of carbonyl (C=O) groups is 2. The Morgan fingerprint density at radius 1 is 1.17 bits per heavy atom. The Kier molecular flexibility index (Phi) is 5.15. The number of carbonyl (C=O) groups excluding carboxylic acids is 2. The lowest BCUT2D eigenvalue weighted by Crippen LogP contribution is -2.11. The van der Waals surface area contributed by atoms with Gasteiger partial charge in [-0.3, -0.25) is 9.59 Å². The van der Waals surface area contributed by atoms with Gasteiger partial charge in [-0.05, 0) is 28.1 Å². The first-order valence-electron chi connectivity index (χ1n) is 5.05. The van der Waals surface area contributed by atoms with Gasteiger partial charge >= 0.3 is 5.97 Å². The van der Waals surface area contributed by atoms with Crippen LogP contribution in [0.3, 0.4) is 0 Å². The van der Waals surface area contributed by atoms with E-state index in [1.54, 1.807) is 6.07 Å². The van der Waals surface area contributed by atoms with E-state index in [9.17, 15) is 9.59 Å². The Balaban J connectivity index is 3.16. The van der Waals surface area contributed by atoms with E-state index in [1.807, 2.05) is 0 Å². The zero-order valence-electron chi connectivity index (χ0n) is 10.3. The van der Waals surface area contributed by atoms with Crippen molar-refractivity contribution in [3.8, 4) is 11.5 Å². The highest BCUT2D eigenvalue weighted by Gasteiger charge is 2.19. The van der Waals surface area contributed by atoms with Crippen LogP contribution >= 0.6 is 15.9 Å². The van der Waals surface area contributed by atoms with E-state index < -0.39 is 11.8 Å². The van der Waals surface area contributed by atoms with Crippen LogP contribution in [0.4, 0.5) is 0 Å². The van der Waals surface area contributed by atoms with Crippen LogP contribution in [0.2, 0.25) is 0 Å². The fourth-order valence-corrected chi connectivity index (χ4v) is 2.00. The molecule has 0 aliphatic rings. The van der Waals surface area contributed by atoms with Crippen LogP contribution in [-0.2, 0) is 9.53 Å². The van der Waals surface area contributed by atoms with E-state index >= 15 is 0 Å². The first kappa shape index (κ1) is 14.5. The predicted octanol–water partition coefficient (Wildman–Crippen LogP) is 2.21. The van der Waals surface area contributed by atoms with Crippen molar-refractivity contribution in [3.05, 3.63) is 22.2 Å². The summed E-state index contributed by atoms with van der Waals surface area (Å²) in [5.41, 5.74) is 0.272. The van der Waals surface area contributed by atoms with Gasteiger partial charge in [0.15, 0.2) is 5.78 Å². The van der Waals surface area contributed by atoms with E-state index in [4.69, 9.17) is 9.47 Å². The zero-order valence-corrected chi connectivity index (χ0v) is 11.9. The van der Waals surface area contributed by atoms with Crippen molar-refractivity contribution in [2.24, 2.45) is 0 Å². The lowest BCUT2D eigenvalue weighted by Gasteiger charge is -2.11. The monoisotopic (exact) mass is 316 g/mol. The fourth-order valence-electron chi connectivity index (χ4n) is 1.40. The summed E-state index contributed by atoms with van der Waals surface area (Å²) < 4.78 is 15.2. The third-order valence-corrected chi connectivity index (χ3v) is 2.88. The Morgan fingerprint density at radius 2 is 1.83 bits per heavy atom. The number of ether oxygens (including phenoxy) is 3. The largest absolute Gasteiger partial charge is 0.497 e. The van der Waals surface area contributed by atoms with Gasteiger partial charge in [0.2, 0.25) is 0 Å². The molecule has 0 radical (unpaired) electrons. The first-order valence-corrected chi connectivity index (χ1v) is 5.84. The molecule has 0 aromatic heterocycles. The maximum atomic E-state index is 12.0. The van der Waals surface area contributed by atoms with Crippen LogP contribution < -0.4 is 9.47 Å². The number of methoxy groups -OCH3 is 3. The number of hydrogen-bond acceptors (Lipinski definition) is 5. The Hall–Kier alpha value is -1.56. The number of esters is 1. The third kappa shape index (κ3) is 3.22. The summed E-state index contributed by atoms with van der Waals surface area (Å²) in [6.45, 7) is 0. The molecular weight excluding hydrogens is 304 g/mol. The Morgan fingerprint density at radius 3 is 2.33 bits per heavy atom. The highest BCUT2D eigenvalue weighted by atomic mass is 79.9. The normalized spacial score (nSPS) is 9.78. The molecule has 0 bridgehead atoms. The summed E-state index contributed by atoms with van der Waals surface area (Å²) in [7, 11) is 4.17. The minimum absolute atomic E-state index is 0.272. The van der Waals surface area contributed by atoms with Gasteiger partial charge in [0.1, 0.15) is 17.9 Å². The second-order valence-electron chi connectivity index (χ2n) is 3.37.